The first-order chi connectivity index (χ1) is 6.65. The van der Waals surface area contributed by atoms with Crippen molar-refractivity contribution in [3.63, 3.8) is 0 Å². The van der Waals surface area contributed by atoms with Crippen LogP contribution in [0, 0.1) is 6.92 Å². The van der Waals surface area contributed by atoms with Crippen molar-refractivity contribution in [1.29, 1.82) is 0 Å². The molecule has 0 aliphatic heterocycles. The molecule has 0 bridgehead atoms. The highest BCUT2D eigenvalue weighted by Gasteiger charge is 2.04. The first-order valence-electron chi connectivity index (χ1n) is 4.18. The van der Waals surface area contributed by atoms with E-state index < -0.39 is 5.97 Å². The van der Waals surface area contributed by atoms with Gasteiger partial charge in [0.1, 0.15) is 5.82 Å². The van der Waals surface area contributed by atoms with Crippen LogP contribution in [0.3, 0.4) is 0 Å². The number of rotatable bonds is 2. The molecule has 0 aliphatic rings. The number of H-pyrrole nitrogens is 1. The molecule has 0 atom stereocenters. The van der Waals surface area contributed by atoms with E-state index in [1.54, 1.807) is 6.07 Å². The van der Waals surface area contributed by atoms with Gasteiger partial charge in [0.25, 0.3) is 0 Å². The molecule has 0 saturated heterocycles. The lowest BCUT2D eigenvalue weighted by molar-refractivity contribution is -0.136. The summed E-state index contributed by atoms with van der Waals surface area (Å²) in [6.07, 6.45) is 1.53. The van der Waals surface area contributed by atoms with E-state index >= 15 is 0 Å². The van der Waals surface area contributed by atoms with Crippen LogP contribution in [0.1, 0.15) is 11.4 Å². The topological polar surface area (TPSA) is 78.9 Å². The maximum atomic E-state index is 10.5. The summed E-state index contributed by atoms with van der Waals surface area (Å²) in [5, 5.41) is 8.59. The summed E-state index contributed by atoms with van der Waals surface area (Å²) < 4.78 is 0. The Morgan fingerprint density at radius 2 is 2.43 bits per heavy atom. The van der Waals surface area contributed by atoms with E-state index in [1.165, 1.54) is 6.20 Å². The number of hydrogen-bond acceptors (Lipinski definition) is 3. The van der Waals surface area contributed by atoms with Crippen LogP contribution in [0.15, 0.2) is 12.3 Å². The van der Waals surface area contributed by atoms with E-state index in [2.05, 4.69) is 15.0 Å². The molecule has 2 aromatic heterocycles. The fraction of sp³-hybridized carbons (Fsp3) is 0.222. The molecule has 5 heteroatoms. The summed E-state index contributed by atoms with van der Waals surface area (Å²) >= 11 is 0. The molecule has 0 aliphatic carbocycles. The summed E-state index contributed by atoms with van der Waals surface area (Å²) in [6.45, 7) is 1.83. The Bertz CT molecular complexity index is 490. The van der Waals surface area contributed by atoms with Gasteiger partial charge in [-0.2, -0.15) is 0 Å². The van der Waals surface area contributed by atoms with Crippen LogP contribution in [-0.2, 0) is 11.2 Å². The zero-order valence-corrected chi connectivity index (χ0v) is 7.61. The molecule has 0 aromatic carbocycles. The third-order valence-corrected chi connectivity index (χ3v) is 1.87. The number of aromatic amines is 1. The van der Waals surface area contributed by atoms with E-state index in [0.29, 0.717) is 11.2 Å². The maximum Gasteiger partial charge on any atom is 0.307 e. The van der Waals surface area contributed by atoms with Gasteiger partial charge in [-0.3, -0.25) is 4.79 Å². The van der Waals surface area contributed by atoms with Gasteiger partial charge in [0, 0.05) is 6.20 Å². The minimum absolute atomic E-state index is 0.0129. The predicted octanol–water partition coefficient (Wildman–Crippen LogP) is 0.893. The van der Waals surface area contributed by atoms with Crippen LogP contribution in [0.5, 0.6) is 0 Å². The molecule has 0 saturated carbocycles. The molecule has 2 N–H and O–H groups in total. The highest BCUT2D eigenvalue weighted by molar-refractivity contribution is 5.75. The second kappa shape index (κ2) is 3.10. The number of aromatic nitrogens is 3. The van der Waals surface area contributed by atoms with Crippen molar-refractivity contribution in [2.75, 3.05) is 0 Å². The fourth-order valence-corrected chi connectivity index (χ4v) is 1.33. The van der Waals surface area contributed by atoms with Gasteiger partial charge in [0.05, 0.1) is 11.9 Å². The van der Waals surface area contributed by atoms with E-state index in [0.717, 1.165) is 11.3 Å². The van der Waals surface area contributed by atoms with Gasteiger partial charge in [-0.05, 0) is 18.6 Å². The lowest BCUT2D eigenvalue weighted by Crippen LogP contribution is -2.00. The number of imidazole rings is 1. The quantitative estimate of drug-likeness (QED) is 0.738. The minimum Gasteiger partial charge on any atom is -0.481 e. The van der Waals surface area contributed by atoms with Crippen LogP contribution in [0.4, 0.5) is 0 Å². The maximum absolute atomic E-state index is 10.5. The fourth-order valence-electron chi connectivity index (χ4n) is 1.33. The summed E-state index contributed by atoms with van der Waals surface area (Å²) in [5.41, 5.74) is 2.08. The van der Waals surface area contributed by atoms with Gasteiger partial charge in [-0.25, -0.2) is 9.97 Å². The molecule has 2 rings (SSSR count). The molecule has 0 fully saturated rings. The SMILES string of the molecule is Cc1nc2ncc(CC(=O)O)cc2[nH]1. The molecule has 0 unspecified atom stereocenters. The lowest BCUT2D eigenvalue weighted by atomic mass is 10.2. The Morgan fingerprint density at radius 3 is 3.14 bits per heavy atom. The van der Waals surface area contributed by atoms with Gasteiger partial charge >= 0.3 is 5.97 Å². The van der Waals surface area contributed by atoms with Gasteiger partial charge in [-0.1, -0.05) is 0 Å². The van der Waals surface area contributed by atoms with Crippen LogP contribution in [0.2, 0.25) is 0 Å². The van der Waals surface area contributed by atoms with Crippen molar-refractivity contribution in [2.24, 2.45) is 0 Å². The summed E-state index contributed by atoms with van der Waals surface area (Å²) in [4.78, 5) is 21.6. The summed E-state index contributed by atoms with van der Waals surface area (Å²) in [6, 6.07) is 1.76. The molecule has 72 valence electrons. The second-order valence-corrected chi connectivity index (χ2v) is 3.11. The van der Waals surface area contributed by atoms with Crippen molar-refractivity contribution in [3.8, 4) is 0 Å². The molecule has 5 nitrogen and oxygen atoms in total. The number of aryl methyl sites for hydroxylation is 1. The average molecular weight is 191 g/mol. The molecule has 2 heterocycles. The van der Waals surface area contributed by atoms with E-state index in [-0.39, 0.29) is 6.42 Å². The van der Waals surface area contributed by atoms with Crippen LogP contribution < -0.4 is 0 Å². The first-order valence-corrected chi connectivity index (χ1v) is 4.18. The Balaban J connectivity index is 2.45. The summed E-state index contributed by atoms with van der Waals surface area (Å²) in [7, 11) is 0. The molecule has 0 radical (unpaired) electrons. The number of carbonyl (C=O) groups is 1. The van der Waals surface area contributed by atoms with Crippen molar-refractivity contribution in [3.05, 3.63) is 23.7 Å². The molecular formula is C9H9N3O2. The van der Waals surface area contributed by atoms with Gasteiger partial charge in [0.15, 0.2) is 5.65 Å². The first kappa shape index (κ1) is 8.68. The average Bonchev–Trinajstić information content (AvgIpc) is 2.42. The Kier molecular flexibility index (Phi) is 1.92. The van der Waals surface area contributed by atoms with Crippen molar-refractivity contribution >= 4 is 17.1 Å². The number of carboxylic acids is 1. The smallest absolute Gasteiger partial charge is 0.307 e. The summed E-state index contributed by atoms with van der Waals surface area (Å²) in [5.74, 6) is -0.0811. The standard InChI is InChI=1S/C9H9N3O2/c1-5-11-7-2-6(3-8(13)14)4-10-9(7)12-5/h2,4H,3H2,1H3,(H,13,14)(H,10,11,12). The monoisotopic (exact) mass is 191 g/mol. The van der Waals surface area contributed by atoms with Crippen LogP contribution in [-0.4, -0.2) is 26.0 Å². The van der Waals surface area contributed by atoms with Crippen LogP contribution in [0.25, 0.3) is 11.2 Å². The van der Waals surface area contributed by atoms with Crippen LogP contribution >= 0.6 is 0 Å². The number of aliphatic carboxylic acids is 1. The zero-order valence-electron chi connectivity index (χ0n) is 7.61. The van der Waals surface area contributed by atoms with Crippen molar-refractivity contribution in [2.45, 2.75) is 13.3 Å². The normalized spacial score (nSPS) is 10.6. The highest BCUT2D eigenvalue weighted by Crippen LogP contribution is 2.10. The molecule has 2 aromatic rings. The molecule has 14 heavy (non-hydrogen) atoms. The van der Waals surface area contributed by atoms with Crippen molar-refractivity contribution < 1.29 is 9.90 Å². The third kappa shape index (κ3) is 1.56. The van der Waals surface area contributed by atoms with Gasteiger partial charge in [-0.15, -0.1) is 0 Å². The van der Waals surface area contributed by atoms with Crippen molar-refractivity contribution in [1.82, 2.24) is 15.0 Å². The number of pyridine rings is 1. The van der Waals surface area contributed by atoms with E-state index in [9.17, 15) is 4.79 Å². The predicted molar refractivity (Wildman–Crippen MR) is 50.0 cm³/mol. The highest BCUT2D eigenvalue weighted by atomic mass is 16.4. The molecule has 0 spiro atoms. The number of nitrogens with one attached hydrogen (secondary N) is 1. The van der Waals surface area contributed by atoms with Gasteiger partial charge < -0.3 is 10.1 Å². The Morgan fingerprint density at radius 1 is 1.64 bits per heavy atom. The number of hydrogen-bond donors (Lipinski definition) is 2. The molecular weight excluding hydrogens is 182 g/mol. The van der Waals surface area contributed by atoms with Gasteiger partial charge in [0.2, 0.25) is 0 Å². The van der Waals surface area contributed by atoms with E-state index in [4.69, 9.17) is 5.11 Å². The minimum atomic E-state index is -0.859. The lowest BCUT2D eigenvalue weighted by Gasteiger charge is -1.94. The Hall–Kier alpha value is -1.91. The molecule has 0 amide bonds. The number of fused-ring (bicyclic) bond motifs is 1. The van der Waals surface area contributed by atoms with E-state index in [1.807, 2.05) is 6.92 Å². The number of nitrogens with zero attached hydrogens (tertiary/aromatic N) is 2. The second-order valence-electron chi connectivity index (χ2n) is 3.11. The number of carboxylic acid groups (broad SMARTS) is 1. The third-order valence-electron chi connectivity index (χ3n) is 1.87. The largest absolute Gasteiger partial charge is 0.481 e. The zero-order chi connectivity index (χ0) is 10.1. The Labute approximate surface area is 79.8 Å².